The summed E-state index contributed by atoms with van der Waals surface area (Å²) in [4.78, 5) is 13.8. The molecule has 5 heteroatoms. The standard InChI is InChI=1S/C12H25N3O2/c1-12(2,3)14-11(16)13-5-4-6-15-7-9-17-10-8-15/h4-10H2,1-3H3,(H2,13,14,16). The molecule has 0 saturated carbocycles. The SMILES string of the molecule is CC(C)(C)NC(=O)NCCCN1CCOCC1. The second-order valence-corrected chi connectivity index (χ2v) is 5.44. The van der Waals surface area contributed by atoms with E-state index >= 15 is 0 Å². The van der Waals surface area contributed by atoms with Crippen molar-refractivity contribution >= 4 is 6.03 Å². The number of hydrogen-bond acceptors (Lipinski definition) is 3. The van der Waals surface area contributed by atoms with Gasteiger partial charge in [-0.25, -0.2) is 4.79 Å². The Labute approximate surface area is 104 Å². The smallest absolute Gasteiger partial charge is 0.315 e. The summed E-state index contributed by atoms with van der Waals surface area (Å²) in [5.41, 5.74) is -0.172. The Bertz CT molecular complexity index is 232. The zero-order chi connectivity index (χ0) is 12.7. The molecule has 2 amide bonds. The van der Waals surface area contributed by atoms with Crippen molar-refractivity contribution in [3.8, 4) is 0 Å². The van der Waals surface area contributed by atoms with Crippen LogP contribution in [0, 0.1) is 0 Å². The molecule has 0 aliphatic carbocycles. The highest BCUT2D eigenvalue weighted by Crippen LogP contribution is 1.98. The minimum atomic E-state index is -0.172. The molecule has 1 aliphatic heterocycles. The van der Waals surface area contributed by atoms with Gasteiger partial charge in [0.25, 0.3) is 0 Å². The molecule has 0 aromatic heterocycles. The predicted octanol–water partition coefficient (Wildman–Crippen LogP) is 0.806. The van der Waals surface area contributed by atoms with Crippen LogP contribution in [0.1, 0.15) is 27.2 Å². The first-order valence-electron chi connectivity index (χ1n) is 6.33. The van der Waals surface area contributed by atoms with Crippen LogP contribution in [0.4, 0.5) is 4.79 Å². The van der Waals surface area contributed by atoms with Crippen LogP contribution in [-0.2, 0) is 4.74 Å². The average molecular weight is 243 g/mol. The fourth-order valence-electron chi connectivity index (χ4n) is 1.71. The summed E-state index contributed by atoms with van der Waals surface area (Å²) < 4.78 is 5.28. The molecule has 17 heavy (non-hydrogen) atoms. The molecule has 1 saturated heterocycles. The molecule has 0 aromatic rings. The summed E-state index contributed by atoms with van der Waals surface area (Å²) in [6, 6.07) is -0.0838. The summed E-state index contributed by atoms with van der Waals surface area (Å²) >= 11 is 0. The van der Waals surface area contributed by atoms with Crippen molar-refractivity contribution in [2.24, 2.45) is 0 Å². The van der Waals surface area contributed by atoms with E-state index in [4.69, 9.17) is 4.74 Å². The topological polar surface area (TPSA) is 53.6 Å². The van der Waals surface area contributed by atoms with Crippen molar-refractivity contribution in [2.45, 2.75) is 32.7 Å². The van der Waals surface area contributed by atoms with Gasteiger partial charge in [-0.2, -0.15) is 0 Å². The maximum absolute atomic E-state index is 11.5. The van der Waals surface area contributed by atoms with Crippen LogP contribution < -0.4 is 10.6 Å². The molecule has 0 bridgehead atoms. The molecule has 100 valence electrons. The largest absolute Gasteiger partial charge is 0.379 e. The van der Waals surface area contributed by atoms with E-state index in [0.29, 0.717) is 0 Å². The molecule has 0 spiro atoms. The quantitative estimate of drug-likeness (QED) is 0.718. The van der Waals surface area contributed by atoms with Crippen molar-refractivity contribution in [1.82, 2.24) is 15.5 Å². The molecule has 1 heterocycles. The number of amides is 2. The van der Waals surface area contributed by atoms with Crippen molar-refractivity contribution in [3.63, 3.8) is 0 Å². The first kappa shape index (κ1) is 14.3. The highest BCUT2D eigenvalue weighted by atomic mass is 16.5. The van der Waals surface area contributed by atoms with Gasteiger partial charge in [0.15, 0.2) is 0 Å². The van der Waals surface area contributed by atoms with Gasteiger partial charge in [0.2, 0.25) is 0 Å². The Morgan fingerprint density at radius 3 is 2.53 bits per heavy atom. The van der Waals surface area contributed by atoms with E-state index in [1.54, 1.807) is 0 Å². The minimum Gasteiger partial charge on any atom is -0.379 e. The fourth-order valence-corrected chi connectivity index (χ4v) is 1.71. The number of urea groups is 1. The van der Waals surface area contributed by atoms with E-state index < -0.39 is 0 Å². The summed E-state index contributed by atoms with van der Waals surface area (Å²) in [6.45, 7) is 11.3. The van der Waals surface area contributed by atoms with Gasteiger partial charge >= 0.3 is 6.03 Å². The molecular weight excluding hydrogens is 218 g/mol. The monoisotopic (exact) mass is 243 g/mol. The number of nitrogens with one attached hydrogen (secondary N) is 2. The number of carbonyl (C=O) groups excluding carboxylic acids is 1. The lowest BCUT2D eigenvalue weighted by molar-refractivity contribution is 0.0375. The normalized spacial score (nSPS) is 17.8. The summed E-state index contributed by atoms with van der Waals surface area (Å²) in [5.74, 6) is 0. The molecule has 2 N–H and O–H groups in total. The predicted molar refractivity (Wildman–Crippen MR) is 68.2 cm³/mol. The van der Waals surface area contributed by atoms with E-state index in [-0.39, 0.29) is 11.6 Å². The summed E-state index contributed by atoms with van der Waals surface area (Å²) in [5, 5.41) is 5.74. The van der Waals surface area contributed by atoms with Gasteiger partial charge in [-0.3, -0.25) is 4.90 Å². The maximum Gasteiger partial charge on any atom is 0.315 e. The first-order chi connectivity index (χ1) is 7.97. The molecule has 0 radical (unpaired) electrons. The van der Waals surface area contributed by atoms with Gasteiger partial charge < -0.3 is 15.4 Å². The van der Waals surface area contributed by atoms with Gasteiger partial charge in [0.1, 0.15) is 0 Å². The fraction of sp³-hybridized carbons (Fsp3) is 0.917. The van der Waals surface area contributed by atoms with Gasteiger partial charge in [-0.1, -0.05) is 0 Å². The third kappa shape index (κ3) is 7.18. The van der Waals surface area contributed by atoms with Crippen LogP contribution in [0.3, 0.4) is 0 Å². The van der Waals surface area contributed by atoms with E-state index in [0.717, 1.165) is 45.8 Å². The second kappa shape index (κ2) is 6.81. The van der Waals surface area contributed by atoms with Gasteiger partial charge in [-0.15, -0.1) is 0 Å². The Morgan fingerprint density at radius 2 is 1.94 bits per heavy atom. The maximum atomic E-state index is 11.5. The molecule has 1 aliphatic rings. The van der Waals surface area contributed by atoms with E-state index in [1.165, 1.54) is 0 Å². The van der Waals surface area contributed by atoms with Crippen LogP contribution >= 0.6 is 0 Å². The van der Waals surface area contributed by atoms with Crippen LogP contribution in [-0.4, -0.2) is 55.9 Å². The number of ether oxygens (including phenoxy) is 1. The van der Waals surface area contributed by atoms with Crippen molar-refractivity contribution in [2.75, 3.05) is 39.4 Å². The van der Waals surface area contributed by atoms with Gasteiger partial charge in [-0.05, 0) is 33.7 Å². The van der Waals surface area contributed by atoms with Crippen LogP contribution in [0.25, 0.3) is 0 Å². The molecule has 1 fully saturated rings. The second-order valence-electron chi connectivity index (χ2n) is 5.44. The van der Waals surface area contributed by atoms with Crippen LogP contribution in [0.2, 0.25) is 0 Å². The van der Waals surface area contributed by atoms with E-state index in [9.17, 15) is 4.79 Å². The van der Waals surface area contributed by atoms with Crippen LogP contribution in [0.15, 0.2) is 0 Å². The van der Waals surface area contributed by atoms with Crippen molar-refractivity contribution in [1.29, 1.82) is 0 Å². The van der Waals surface area contributed by atoms with Gasteiger partial charge in [0, 0.05) is 25.2 Å². The van der Waals surface area contributed by atoms with Gasteiger partial charge in [0.05, 0.1) is 13.2 Å². The third-order valence-corrected chi connectivity index (χ3v) is 2.53. The Kier molecular flexibility index (Phi) is 5.71. The number of hydrogen-bond donors (Lipinski definition) is 2. The number of nitrogens with zero attached hydrogens (tertiary/aromatic N) is 1. The molecule has 0 unspecified atom stereocenters. The number of carbonyl (C=O) groups is 1. The lowest BCUT2D eigenvalue weighted by Crippen LogP contribution is -2.47. The van der Waals surface area contributed by atoms with Crippen molar-refractivity contribution in [3.05, 3.63) is 0 Å². The zero-order valence-corrected chi connectivity index (χ0v) is 11.2. The Hall–Kier alpha value is -0.810. The molecule has 0 atom stereocenters. The van der Waals surface area contributed by atoms with E-state index in [2.05, 4.69) is 15.5 Å². The highest BCUT2D eigenvalue weighted by Gasteiger charge is 2.13. The Morgan fingerprint density at radius 1 is 1.29 bits per heavy atom. The van der Waals surface area contributed by atoms with E-state index in [1.807, 2.05) is 20.8 Å². The summed E-state index contributed by atoms with van der Waals surface area (Å²) in [6.07, 6.45) is 0.984. The lowest BCUT2D eigenvalue weighted by atomic mass is 10.1. The number of rotatable bonds is 4. The number of morpholine rings is 1. The molecular formula is C12H25N3O2. The average Bonchev–Trinajstić information content (AvgIpc) is 2.23. The molecule has 5 nitrogen and oxygen atoms in total. The zero-order valence-electron chi connectivity index (χ0n) is 11.2. The minimum absolute atomic E-state index is 0.0838. The first-order valence-corrected chi connectivity index (χ1v) is 6.33. The lowest BCUT2D eigenvalue weighted by Gasteiger charge is -2.26. The molecule has 0 aromatic carbocycles. The third-order valence-electron chi connectivity index (χ3n) is 2.53. The highest BCUT2D eigenvalue weighted by molar-refractivity contribution is 5.74. The molecule has 1 rings (SSSR count). The Balaban J connectivity index is 2.01. The van der Waals surface area contributed by atoms with Crippen molar-refractivity contribution < 1.29 is 9.53 Å². The summed E-state index contributed by atoms with van der Waals surface area (Å²) in [7, 11) is 0. The van der Waals surface area contributed by atoms with Crippen LogP contribution in [0.5, 0.6) is 0 Å².